The van der Waals surface area contributed by atoms with E-state index in [1.807, 2.05) is 214 Å². The van der Waals surface area contributed by atoms with Crippen LogP contribution in [-0.4, -0.2) is 77.3 Å². The minimum Gasteiger partial charge on any atom is -0.444 e. The van der Waals surface area contributed by atoms with Crippen molar-refractivity contribution in [1.82, 2.24) is 10.6 Å². The van der Waals surface area contributed by atoms with Crippen LogP contribution in [0.1, 0.15) is 153 Å². The Hall–Kier alpha value is -8.40. The number of anilines is 6. The number of para-hydroxylation sites is 2. The standard InChI is InChI=1S/C70H90N8O8/c1-45-38-53(74-63(79)83-67(6,7)8)46(2)37-52(45)72-55-40-48(4)59(43-56(55)71-50-31-25-23-26-32-50)76(65(81)85-69(12,13)14)35-29-21-19-18-20-22-30-36-77(66(82)86-70(15,16)17)60-44-62-58(41-49(60)5)73-57-39-47(3)54(75-64(80)84-68(9,10)11)42-61(57)78(62)51-33-27-24-28-34-51/h23-28,31-34,37-44,61,71H,1,18-22,29-30,35-36H2,2-17H3,(H,74,79)(H,75,80)/b72-52-. The van der Waals surface area contributed by atoms with E-state index in [0.717, 1.165) is 101 Å². The summed E-state index contributed by atoms with van der Waals surface area (Å²) in [6, 6.07) is 27.5. The molecule has 16 heteroatoms. The Morgan fingerprint density at radius 2 is 1.06 bits per heavy atom. The number of amides is 4. The van der Waals surface area contributed by atoms with Gasteiger partial charge in [0, 0.05) is 35.9 Å². The zero-order chi connectivity index (χ0) is 62.9. The molecule has 4 aromatic carbocycles. The van der Waals surface area contributed by atoms with E-state index in [1.165, 1.54) is 0 Å². The first-order valence-corrected chi connectivity index (χ1v) is 30.0. The van der Waals surface area contributed by atoms with Crippen molar-refractivity contribution in [3.8, 4) is 0 Å². The highest BCUT2D eigenvalue weighted by atomic mass is 16.6. The van der Waals surface area contributed by atoms with E-state index < -0.39 is 46.8 Å². The number of aliphatic imine (C=N–C) groups is 2. The SMILES string of the molecule is C=C1C=C(NC(=O)OC(C)(C)C)C(C)=C/C1=N/c1cc(C)c(N(CCCCCCCCCN(C(=O)OC(C)(C)C)c2cc3c(cc2C)N=C2C=C(C)C(NC(=O)OC(C)(C)C)=CC2N3c2ccccc2)C(=O)OC(C)(C)C)cc1Nc1ccccc1. The first-order chi connectivity index (χ1) is 40.3. The summed E-state index contributed by atoms with van der Waals surface area (Å²) in [4.78, 5) is 70.2. The van der Waals surface area contributed by atoms with Gasteiger partial charge < -0.3 is 29.2 Å². The van der Waals surface area contributed by atoms with Crippen LogP contribution in [0.25, 0.3) is 0 Å². The van der Waals surface area contributed by atoms with Crippen molar-refractivity contribution < 1.29 is 38.1 Å². The summed E-state index contributed by atoms with van der Waals surface area (Å²) in [6.45, 7) is 35.2. The van der Waals surface area contributed by atoms with Gasteiger partial charge in [0.15, 0.2) is 0 Å². The number of fused-ring (bicyclic) bond motifs is 2. The highest BCUT2D eigenvalue weighted by Crippen LogP contribution is 2.46. The highest BCUT2D eigenvalue weighted by Gasteiger charge is 2.35. The van der Waals surface area contributed by atoms with Crippen LogP contribution in [0.2, 0.25) is 0 Å². The Kier molecular flexibility index (Phi) is 20.7. The fourth-order valence-corrected chi connectivity index (χ4v) is 10.1. The van der Waals surface area contributed by atoms with Crippen LogP contribution in [0.5, 0.6) is 0 Å². The number of carbonyl (C=O) groups is 4. The van der Waals surface area contributed by atoms with Gasteiger partial charge in [0.25, 0.3) is 0 Å². The smallest absolute Gasteiger partial charge is 0.414 e. The number of rotatable bonds is 18. The predicted molar refractivity (Wildman–Crippen MR) is 350 cm³/mol. The fourth-order valence-electron chi connectivity index (χ4n) is 10.1. The Morgan fingerprint density at radius 3 is 1.59 bits per heavy atom. The predicted octanol–water partition coefficient (Wildman–Crippen LogP) is 17.9. The molecule has 1 aliphatic heterocycles. The highest BCUT2D eigenvalue weighted by molar-refractivity contribution is 6.14. The number of carbonyl (C=O) groups excluding carboxylic acids is 4. The fraction of sp³-hybridized carbons (Fsp3) is 0.429. The molecule has 0 spiro atoms. The molecular weight excluding hydrogens is 1080 g/mol. The molecule has 4 amide bonds. The number of benzene rings is 4. The lowest BCUT2D eigenvalue weighted by Crippen LogP contribution is -2.42. The topological polar surface area (TPSA) is 176 Å². The Balaban J connectivity index is 1.05. The molecule has 7 rings (SSSR count). The van der Waals surface area contributed by atoms with Gasteiger partial charge in [-0.3, -0.25) is 20.4 Å². The first-order valence-electron chi connectivity index (χ1n) is 30.0. The van der Waals surface area contributed by atoms with E-state index in [0.29, 0.717) is 52.8 Å². The zero-order valence-corrected chi connectivity index (χ0v) is 53.5. The molecule has 86 heavy (non-hydrogen) atoms. The number of unbranched alkanes of at least 4 members (excludes halogenated alkanes) is 6. The molecule has 0 aromatic heterocycles. The van der Waals surface area contributed by atoms with Gasteiger partial charge in [0.1, 0.15) is 22.4 Å². The second-order valence-electron chi connectivity index (χ2n) is 26.3. The zero-order valence-electron chi connectivity index (χ0n) is 53.5. The van der Waals surface area contributed by atoms with Crippen molar-refractivity contribution in [3.63, 3.8) is 0 Å². The largest absolute Gasteiger partial charge is 0.444 e. The normalized spacial score (nSPS) is 15.6. The van der Waals surface area contributed by atoms with Crippen molar-refractivity contribution in [2.24, 2.45) is 9.98 Å². The molecule has 1 heterocycles. The van der Waals surface area contributed by atoms with Crippen molar-refractivity contribution in [1.29, 1.82) is 0 Å². The van der Waals surface area contributed by atoms with E-state index in [4.69, 9.17) is 28.9 Å². The summed E-state index contributed by atoms with van der Waals surface area (Å²) in [5, 5.41) is 9.37. The summed E-state index contributed by atoms with van der Waals surface area (Å²) >= 11 is 0. The molecule has 0 saturated heterocycles. The molecule has 3 N–H and O–H groups in total. The summed E-state index contributed by atoms with van der Waals surface area (Å²) < 4.78 is 23.3. The van der Waals surface area contributed by atoms with E-state index in [-0.39, 0.29) is 6.04 Å². The summed E-state index contributed by atoms with van der Waals surface area (Å²) in [5.74, 6) is 0. The molecule has 0 radical (unpaired) electrons. The molecule has 0 saturated carbocycles. The Bertz CT molecular complexity index is 3360. The molecular formula is C70H90N8O8. The van der Waals surface area contributed by atoms with Crippen molar-refractivity contribution >= 4 is 81.3 Å². The lowest BCUT2D eigenvalue weighted by Gasteiger charge is -2.39. The molecule has 16 nitrogen and oxygen atoms in total. The summed E-state index contributed by atoms with van der Waals surface area (Å²) in [5.41, 5.74) is 9.95. The summed E-state index contributed by atoms with van der Waals surface area (Å²) in [7, 11) is 0. The van der Waals surface area contributed by atoms with Crippen LogP contribution >= 0.6 is 0 Å². The maximum atomic E-state index is 14.3. The van der Waals surface area contributed by atoms with Gasteiger partial charge in [-0.1, -0.05) is 75.1 Å². The average molecular weight is 1170 g/mol. The van der Waals surface area contributed by atoms with E-state index in [9.17, 15) is 19.2 Å². The van der Waals surface area contributed by atoms with E-state index in [2.05, 4.69) is 27.4 Å². The monoisotopic (exact) mass is 1170 g/mol. The number of hydrogen-bond donors (Lipinski definition) is 3. The number of ether oxygens (including phenoxy) is 4. The second-order valence-corrected chi connectivity index (χ2v) is 26.3. The maximum Gasteiger partial charge on any atom is 0.414 e. The van der Waals surface area contributed by atoms with Crippen molar-refractivity contribution in [2.75, 3.05) is 33.1 Å². The third kappa shape index (κ3) is 18.3. The number of hydrogen-bond acceptors (Lipinski definition) is 12. The summed E-state index contributed by atoms with van der Waals surface area (Å²) in [6.07, 6.45) is 11.9. The van der Waals surface area contributed by atoms with Crippen molar-refractivity contribution in [2.45, 2.75) is 184 Å². The van der Waals surface area contributed by atoms with E-state index >= 15 is 0 Å². The molecule has 1 atom stereocenters. The second kappa shape index (κ2) is 27.3. The third-order valence-electron chi connectivity index (χ3n) is 13.9. The number of aryl methyl sites for hydroxylation is 2. The van der Waals surface area contributed by atoms with Gasteiger partial charge in [-0.2, -0.15) is 0 Å². The Labute approximate surface area is 510 Å². The molecule has 0 bridgehead atoms. The molecule has 2 aliphatic carbocycles. The van der Waals surface area contributed by atoms with E-state index in [1.54, 1.807) is 15.9 Å². The quantitative estimate of drug-likeness (QED) is 0.0642. The van der Waals surface area contributed by atoms with Gasteiger partial charge in [-0.25, -0.2) is 29.2 Å². The number of nitrogens with one attached hydrogen (secondary N) is 3. The maximum absolute atomic E-state index is 14.3. The lowest BCUT2D eigenvalue weighted by molar-refractivity contribution is 0.0535. The lowest BCUT2D eigenvalue weighted by atomic mass is 9.93. The average Bonchev–Trinajstić information content (AvgIpc) is 1.16. The van der Waals surface area contributed by atoms with Gasteiger partial charge in [-0.15, -0.1) is 0 Å². The number of alkyl carbamates (subject to hydrolysis) is 2. The molecule has 458 valence electrons. The van der Waals surface area contributed by atoms with Gasteiger partial charge >= 0.3 is 24.4 Å². The van der Waals surface area contributed by atoms with Crippen molar-refractivity contribution in [3.05, 3.63) is 155 Å². The first kappa shape index (κ1) is 65.1. The Morgan fingerprint density at radius 1 is 0.581 bits per heavy atom. The number of nitrogens with zero attached hydrogens (tertiary/aromatic N) is 5. The van der Waals surface area contributed by atoms with Gasteiger partial charge in [0.2, 0.25) is 0 Å². The molecule has 3 aliphatic rings. The van der Waals surface area contributed by atoms with Crippen LogP contribution in [0, 0.1) is 13.8 Å². The van der Waals surface area contributed by atoms with Gasteiger partial charge in [-0.05, 0) is 224 Å². The van der Waals surface area contributed by atoms with Gasteiger partial charge in [0.05, 0.1) is 51.6 Å². The molecule has 4 aromatic rings. The van der Waals surface area contributed by atoms with Crippen LogP contribution < -0.4 is 30.7 Å². The third-order valence-corrected chi connectivity index (χ3v) is 13.9. The van der Waals surface area contributed by atoms with Crippen LogP contribution in [0.3, 0.4) is 0 Å². The van der Waals surface area contributed by atoms with Crippen LogP contribution in [0.4, 0.5) is 64.7 Å². The molecule has 1 unspecified atom stereocenters. The molecule has 0 fully saturated rings. The number of allylic oxidation sites excluding steroid dienone is 5. The van der Waals surface area contributed by atoms with Crippen LogP contribution in [-0.2, 0) is 18.9 Å². The minimum atomic E-state index is -0.729. The minimum absolute atomic E-state index is 0.376. The van der Waals surface area contributed by atoms with Crippen LogP contribution in [0.15, 0.2) is 154 Å².